The van der Waals surface area contributed by atoms with Crippen LogP contribution in [0.3, 0.4) is 0 Å². The molecule has 0 bridgehead atoms. The normalized spacial score (nSPS) is 20.3. The van der Waals surface area contributed by atoms with Crippen molar-refractivity contribution in [2.75, 3.05) is 19.4 Å². The molecule has 1 saturated heterocycles. The molecule has 1 rings (SSSR count). The Morgan fingerprint density at radius 1 is 1.00 bits per heavy atom. The van der Waals surface area contributed by atoms with E-state index in [-0.39, 0.29) is 0 Å². The van der Waals surface area contributed by atoms with E-state index < -0.39 is 7.60 Å². The lowest BCUT2D eigenvalue weighted by Gasteiger charge is -2.22. The first kappa shape index (κ1) is 13.2. The SMILES string of the molecule is CCCCCCCCP1(=O)OCCCO1. The molecule has 0 aromatic rings. The summed E-state index contributed by atoms with van der Waals surface area (Å²) in [6.45, 7) is 3.42. The second-order valence-electron chi connectivity index (χ2n) is 4.12. The Morgan fingerprint density at radius 2 is 1.60 bits per heavy atom. The van der Waals surface area contributed by atoms with Crippen LogP contribution in [0.4, 0.5) is 0 Å². The van der Waals surface area contributed by atoms with Gasteiger partial charge in [-0.05, 0) is 12.8 Å². The van der Waals surface area contributed by atoms with Crippen LogP contribution in [-0.4, -0.2) is 19.4 Å². The molecule has 0 atom stereocenters. The van der Waals surface area contributed by atoms with E-state index in [4.69, 9.17) is 9.05 Å². The summed E-state index contributed by atoms with van der Waals surface area (Å²) in [7, 11) is -2.67. The molecule has 0 saturated carbocycles. The van der Waals surface area contributed by atoms with Gasteiger partial charge in [0.15, 0.2) is 0 Å². The zero-order chi connectivity index (χ0) is 11.0. The van der Waals surface area contributed by atoms with E-state index in [1.165, 1.54) is 25.7 Å². The highest BCUT2D eigenvalue weighted by atomic mass is 31.2. The van der Waals surface area contributed by atoms with E-state index in [2.05, 4.69) is 6.92 Å². The molecule has 1 aliphatic rings. The Kier molecular flexibility index (Phi) is 6.54. The van der Waals surface area contributed by atoms with Crippen molar-refractivity contribution < 1.29 is 13.6 Å². The Morgan fingerprint density at radius 3 is 2.27 bits per heavy atom. The second kappa shape index (κ2) is 7.43. The van der Waals surface area contributed by atoms with Crippen molar-refractivity contribution in [3.05, 3.63) is 0 Å². The number of hydrogen-bond donors (Lipinski definition) is 0. The fourth-order valence-electron chi connectivity index (χ4n) is 1.72. The van der Waals surface area contributed by atoms with Crippen molar-refractivity contribution in [1.82, 2.24) is 0 Å². The van der Waals surface area contributed by atoms with Crippen LogP contribution in [0.5, 0.6) is 0 Å². The zero-order valence-corrected chi connectivity index (χ0v) is 10.6. The van der Waals surface area contributed by atoms with Crippen molar-refractivity contribution in [3.63, 3.8) is 0 Å². The minimum absolute atomic E-state index is 0.604. The predicted molar refractivity (Wildman–Crippen MR) is 62.4 cm³/mol. The molecular weight excluding hydrogens is 211 g/mol. The van der Waals surface area contributed by atoms with E-state index in [0.29, 0.717) is 19.4 Å². The Bertz CT molecular complexity index is 196. The minimum atomic E-state index is -2.67. The zero-order valence-electron chi connectivity index (χ0n) is 9.74. The molecule has 90 valence electrons. The van der Waals surface area contributed by atoms with Gasteiger partial charge >= 0.3 is 7.60 Å². The molecule has 4 heteroatoms. The van der Waals surface area contributed by atoms with E-state index in [1.54, 1.807) is 0 Å². The highest BCUT2D eigenvalue weighted by Crippen LogP contribution is 2.51. The number of unbranched alkanes of at least 4 members (excludes halogenated alkanes) is 5. The standard InChI is InChI=1S/C11H23O3P/c1-2-3-4-5-6-7-11-15(12)13-9-8-10-14-15/h2-11H2,1H3. The van der Waals surface area contributed by atoms with Crippen LogP contribution in [0.25, 0.3) is 0 Å². The largest absolute Gasteiger partial charge is 0.330 e. The first-order valence-corrected chi connectivity index (χ1v) is 7.88. The van der Waals surface area contributed by atoms with Crippen molar-refractivity contribution in [2.45, 2.75) is 51.9 Å². The van der Waals surface area contributed by atoms with E-state index in [1.807, 2.05) is 0 Å². The maximum Gasteiger partial charge on any atom is 0.330 e. The van der Waals surface area contributed by atoms with Crippen molar-refractivity contribution in [2.24, 2.45) is 0 Å². The molecule has 0 aliphatic carbocycles. The lowest BCUT2D eigenvalue weighted by Crippen LogP contribution is -2.10. The third-order valence-electron chi connectivity index (χ3n) is 2.65. The summed E-state index contributed by atoms with van der Waals surface area (Å²) in [4.78, 5) is 0. The van der Waals surface area contributed by atoms with Gasteiger partial charge in [-0.15, -0.1) is 0 Å². The number of hydrogen-bond acceptors (Lipinski definition) is 3. The molecule has 0 spiro atoms. The van der Waals surface area contributed by atoms with Gasteiger partial charge < -0.3 is 9.05 Å². The molecule has 0 N–H and O–H groups in total. The van der Waals surface area contributed by atoms with Gasteiger partial charge in [-0.25, -0.2) is 0 Å². The van der Waals surface area contributed by atoms with Crippen molar-refractivity contribution in [3.8, 4) is 0 Å². The molecule has 15 heavy (non-hydrogen) atoms. The summed E-state index contributed by atoms with van der Waals surface area (Å²) >= 11 is 0. The minimum Gasteiger partial charge on any atom is -0.308 e. The van der Waals surface area contributed by atoms with Gasteiger partial charge in [0.1, 0.15) is 0 Å². The maximum atomic E-state index is 11.9. The van der Waals surface area contributed by atoms with Gasteiger partial charge in [-0.1, -0.05) is 39.0 Å². The van der Waals surface area contributed by atoms with E-state index in [9.17, 15) is 4.57 Å². The summed E-state index contributed by atoms with van der Waals surface area (Å²) in [6, 6.07) is 0. The smallest absolute Gasteiger partial charge is 0.308 e. The third kappa shape index (κ3) is 5.70. The van der Waals surface area contributed by atoms with Gasteiger partial charge in [0, 0.05) is 0 Å². The molecular formula is C11H23O3P. The molecule has 1 aliphatic heterocycles. The fraction of sp³-hybridized carbons (Fsp3) is 1.00. The van der Waals surface area contributed by atoms with Gasteiger partial charge in [-0.2, -0.15) is 0 Å². The summed E-state index contributed by atoms with van der Waals surface area (Å²) in [5.41, 5.74) is 0. The highest BCUT2D eigenvalue weighted by molar-refractivity contribution is 7.53. The summed E-state index contributed by atoms with van der Waals surface area (Å²) in [6.07, 6.45) is 8.73. The van der Waals surface area contributed by atoms with Gasteiger partial charge in [0.05, 0.1) is 19.4 Å². The van der Waals surface area contributed by atoms with Crippen LogP contribution in [0.2, 0.25) is 0 Å². The van der Waals surface area contributed by atoms with Gasteiger partial charge in [0.2, 0.25) is 0 Å². The summed E-state index contributed by atoms with van der Waals surface area (Å²) in [5.74, 6) is 0. The molecule has 0 amide bonds. The highest BCUT2D eigenvalue weighted by Gasteiger charge is 2.26. The first-order chi connectivity index (χ1) is 7.27. The lowest BCUT2D eigenvalue weighted by atomic mass is 10.1. The van der Waals surface area contributed by atoms with Crippen LogP contribution in [0, 0.1) is 0 Å². The fourth-order valence-corrected chi connectivity index (χ4v) is 3.48. The molecule has 1 heterocycles. The maximum absolute atomic E-state index is 11.9. The second-order valence-corrected chi connectivity index (χ2v) is 6.31. The molecule has 0 aromatic carbocycles. The molecule has 0 radical (unpaired) electrons. The monoisotopic (exact) mass is 234 g/mol. The topological polar surface area (TPSA) is 35.5 Å². The number of rotatable bonds is 7. The van der Waals surface area contributed by atoms with Crippen molar-refractivity contribution >= 4 is 7.60 Å². The summed E-state index contributed by atoms with van der Waals surface area (Å²) < 4.78 is 22.3. The lowest BCUT2D eigenvalue weighted by molar-refractivity contribution is 0.146. The van der Waals surface area contributed by atoms with Crippen LogP contribution >= 0.6 is 7.60 Å². The van der Waals surface area contributed by atoms with Crippen molar-refractivity contribution in [1.29, 1.82) is 0 Å². The van der Waals surface area contributed by atoms with Crippen LogP contribution in [0.15, 0.2) is 0 Å². The van der Waals surface area contributed by atoms with E-state index in [0.717, 1.165) is 19.3 Å². The quantitative estimate of drug-likeness (QED) is 0.493. The third-order valence-corrected chi connectivity index (χ3v) is 4.67. The molecule has 1 fully saturated rings. The van der Waals surface area contributed by atoms with Gasteiger partial charge in [-0.3, -0.25) is 4.57 Å². The van der Waals surface area contributed by atoms with Crippen LogP contribution in [0.1, 0.15) is 51.9 Å². The average Bonchev–Trinajstić information content (AvgIpc) is 2.24. The first-order valence-electron chi connectivity index (χ1n) is 6.15. The molecule has 0 unspecified atom stereocenters. The average molecular weight is 234 g/mol. The Hall–Kier alpha value is 0.150. The van der Waals surface area contributed by atoms with Crippen LogP contribution in [-0.2, 0) is 13.6 Å². The summed E-state index contributed by atoms with van der Waals surface area (Å²) in [5, 5.41) is 0. The molecule has 3 nitrogen and oxygen atoms in total. The predicted octanol–water partition coefficient (Wildman–Crippen LogP) is 3.98. The van der Waals surface area contributed by atoms with Crippen LogP contribution < -0.4 is 0 Å². The Balaban J connectivity index is 2.01. The van der Waals surface area contributed by atoms with Gasteiger partial charge in [0.25, 0.3) is 0 Å². The molecule has 0 aromatic heterocycles. The Labute approximate surface area is 93.1 Å². The van der Waals surface area contributed by atoms with E-state index >= 15 is 0 Å².